The number of rotatable bonds is 26. The third-order valence-electron chi connectivity index (χ3n) is 11.2. The third-order valence-corrected chi connectivity index (χ3v) is 14.7. The topological polar surface area (TPSA) is 380 Å². The predicted octanol–water partition coefficient (Wildman–Crippen LogP) is 10.6. The van der Waals surface area contributed by atoms with Crippen LogP contribution in [0.5, 0.6) is 34.5 Å². The Morgan fingerprint density at radius 1 is 0.511 bits per heavy atom. The van der Waals surface area contributed by atoms with Gasteiger partial charge in [0.25, 0.3) is 0 Å². The van der Waals surface area contributed by atoms with Crippen molar-refractivity contribution in [3.8, 4) is 34.5 Å². The number of nitrogens with two attached hydrogens (primary N) is 1. The Balaban J connectivity index is 0.000000377. The fraction of sp³-hybridized carbons (Fsp3) is 0.295. The molecule has 0 aromatic heterocycles. The third kappa shape index (κ3) is 35.6. The average Bonchev–Trinajstić information content (AvgIpc) is 2.18. The van der Waals surface area contributed by atoms with Gasteiger partial charge in [-0.05, 0) is 188 Å². The van der Waals surface area contributed by atoms with E-state index in [9.17, 15) is 46.4 Å². The van der Waals surface area contributed by atoms with E-state index in [4.69, 9.17) is 64.8 Å². The maximum absolute atomic E-state index is 12.5. The molecule has 0 heterocycles. The lowest BCUT2D eigenvalue weighted by Crippen LogP contribution is -2.39. The number of benzene rings is 6. The van der Waals surface area contributed by atoms with E-state index in [2.05, 4.69) is 96.3 Å². The van der Waals surface area contributed by atoms with Crippen LogP contribution >= 0.6 is 86.3 Å². The summed E-state index contributed by atoms with van der Waals surface area (Å²) in [5.41, 5.74) is 5.17. The van der Waals surface area contributed by atoms with Crippen molar-refractivity contribution in [3.05, 3.63) is 173 Å². The highest BCUT2D eigenvalue weighted by Gasteiger charge is 2.38. The second-order valence-corrected chi connectivity index (χ2v) is 26.0. The van der Waals surface area contributed by atoms with Crippen LogP contribution in [0.15, 0.2) is 163 Å². The van der Waals surface area contributed by atoms with Crippen molar-refractivity contribution in [2.24, 2.45) is 17.6 Å². The fourth-order valence-electron chi connectivity index (χ4n) is 6.36. The molecule has 1 fully saturated rings. The fourth-order valence-corrected chi connectivity index (χ4v) is 8.23. The lowest BCUT2D eigenvalue weighted by molar-refractivity contribution is -0.147. The number of carboxylic acids is 6. The molecule has 4 unspecified atom stereocenters. The van der Waals surface area contributed by atoms with Gasteiger partial charge in [-0.15, -0.1) is 0 Å². The van der Waals surface area contributed by atoms with Crippen molar-refractivity contribution < 1.29 is 105 Å². The molecule has 6 aromatic rings. The molecule has 0 aliphatic heterocycles. The predicted molar refractivity (Wildman–Crippen MR) is 358 cm³/mol. The van der Waals surface area contributed by atoms with Crippen molar-refractivity contribution in [3.63, 3.8) is 0 Å². The molecular weight excluding hydrogens is 1610 g/mol. The largest absolute Gasteiger partial charge is 0.479 e. The van der Waals surface area contributed by atoms with Crippen LogP contribution in [0.25, 0.3) is 0 Å². The number of halogens is 6. The Morgan fingerprint density at radius 2 is 0.848 bits per heavy atom. The summed E-state index contributed by atoms with van der Waals surface area (Å²) in [6, 6.07) is 39.9. The average molecular weight is 1680 g/mol. The molecule has 92 heavy (non-hydrogen) atoms. The minimum atomic E-state index is -3.45. The molecule has 10 N–H and O–H groups in total. The van der Waals surface area contributed by atoms with Crippen LogP contribution in [-0.2, 0) is 43.6 Å². The van der Waals surface area contributed by atoms with Crippen LogP contribution in [-0.4, -0.2) is 143 Å². The van der Waals surface area contributed by atoms with E-state index in [1.165, 1.54) is 38.1 Å². The Labute approximate surface area is 577 Å². The van der Waals surface area contributed by atoms with Crippen LogP contribution in [0.2, 0.25) is 0 Å². The number of amides is 1. The number of carbonyl (C=O) groups is 7. The quantitative estimate of drug-likeness (QED) is 0.0228. The molecule has 0 bridgehead atoms. The van der Waals surface area contributed by atoms with Gasteiger partial charge in [0.1, 0.15) is 40.3 Å². The van der Waals surface area contributed by atoms with E-state index in [0.29, 0.717) is 28.7 Å². The lowest BCUT2D eigenvalue weighted by Gasteiger charge is -2.18. The molecular formula is C61H67Br4FIN3O21S. The summed E-state index contributed by atoms with van der Waals surface area (Å²) >= 11 is 15.3. The molecule has 31 heteroatoms. The summed E-state index contributed by atoms with van der Waals surface area (Å²) < 4.78 is 72.4. The highest BCUT2D eigenvalue weighted by atomic mass is 127. The molecule has 1 aliphatic carbocycles. The van der Waals surface area contributed by atoms with Gasteiger partial charge >= 0.3 is 35.8 Å². The van der Waals surface area contributed by atoms with E-state index in [1.54, 1.807) is 84.9 Å². The number of carboxylic acid groups (broad SMARTS) is 6. The highest BCUT2D eigenvalue weighted by Crippen LogP contribution is 2.35. The zero-order chi connectivity index (χ0) is 69.3. The Morgan fingerprint density at radius 3 is 1.16 bits per heavy atom. The first-order valence-electron chi connectivity index (χ1n) is 27.0. The van der Waals surface area contributed by atoms with Crippen molar-refractivity contribution in [2.45, 2.75) is 77.2 Å². The molecule has 1 amide bonds. The molecule has 7 rings (SSSR count). The number of carbonyl (C=O) groups excluding carboxylic acids is 1. The maximum Gasteiger partial charge on any atom is 0.346 e. The number of aliphatic carboxylic acids is 6. The molecule has 1 aliphatic rings. The number of sulfonamides is 1. The summed E-state index contributed by atoms with van der Waals surface area (Å²) in [4.78, 5) is 75.3. The Kier molecular flexibility index (Phi) is 37.1. The van der Waals surface area contributed by atoms with Gasteiger partial charge in [-0.1, -0.05) is 77.6 Å². The van der Waals surface area contributed by atoms with Gasteiger partial charge in [0.15, 0.2) is 18.3 Å². The van der Waals surface area contributed by atoms with Gasteiger partial charge in [-0.25, -0.2) is 46.3 Å². The van der Waals surface area contributed by atoms with Crippen molar-refractivity contribution in [1.82, 2.24) is 10.0 Å². The van der Waals surface area contributed by atoms with E-state index in [-0.39, 0.29) is 43.1 Å². The second-order valence-electron chi connectivity index (χ2n) is 19.3. The Hall–Kier alpha value is -7.14. The first-order valence-corrected chi connectivity index (χ1v) is 33.1. The highest BCUT2D eigenvalue weighted by molar-refractivity contribution is 14.1. The summed E-state index contributed by atoms with van der Waals surface area (Å²) in [6.45, 7) is 5.92. The van der Waals surface area contributed by atoms with Crippen molar-refractivity contribution in [1.29, 1.82) is 0 Å². The molecule has 500 valence electrons. The summed E-state index contributed by atoms with van der Waals surface area (Å²) in [7, 11) is -3.45. The van der Waals surface area contributed by atoms with Gasteiger partial charge in [0, 0.05) is 46.8 Å². The van der Waals surface area contributed by atoms with E-state index < -0.39 is 88.3 Å². The van der Waals surface area contributed by atoms with Crippen LogP contribution in [0, 0.1) is 21.2 Å². The van der Waals surface area contributed by atoms with Gasteiger partial charge in [0.05, 0.1) is 19.3 Å². The minimum absolute atomic E-state index is 0.0638. The molecule has 0 saturated heterocycles. The molecule has 6 aromatic carbocycles. The van der Waals surface area contributed by atoms with Gasteiger partial charge in [-0.3, -0.25) is 4.79 Å². The number of hydrogen-bond acceptors (Lipinski definition) is 16. The first-order chi connectivity index (χ1) is 43.2. The van der Waals surface area contributed by atoms with Gasteiger partial charge < -0.3 is 70.1 Å². The second kappa shape index (κ2) is 42.2. The molecule has 24 nitrogen and oxygen atoms in total. The molecule has 1 saturated carbocycles. The minimum Gasteiger partial charge on any atom is -0.479 e. The first kappa shape index (κ1) is 81.0. The van der Waals surface area contributed by atoms with E-state index in [0.717, 1.165) is 40.6 Å². The summed E-state index contributed by atoms with van der Waals surface area (Å²) in [6.07, 6.45) is -2.91. The van der Waals surface area contributed by atoms with E-state index in [1.807, 2.05) is 50.2 Å². The van der Waals surface area contributed by atoms with Gasteiger partial charge in [-0.2, -0.15) is 0 Å². The monoisotopic (exact) mass is 1670 g/mol. The zero-order valence-corrected chi connectivity index (χ0v) is 58.9. The SMILES string of the molecule is CC(=O)NCC(Oc1ccc(Br)cc1)C(=O)O.CC(C)[C@H](Oc1ccc(Br)cc1)C(=O)O.CS(=O)(=O)NCC(Oc1ccc(Br)cc1)C(=O)O.C[C@H](Oc1ccc(I)cc1)C(=O)O.NCC(Oc1ccc(F)cc1)C(=O)O.O=C(O)C(Oc1ccc(Br)cc1)C1CC1. The number of hydrogen-bond donors (Lipinski definition) is 9. The molecule has 0 radical (unpaired) electrons. The Bertz CT molecular complexity index is 3320. The molecule has 0 spiro atoms. The number of ether oxygens (including phenoxy) is 6. The van der Waals surface area contributed by atoms with Crippen LogP contribution in [0.4, 0.5) is 4.39 Å². The van der Waals surface area contributed by atoms with Crippen molar-refractivity contribution in [2.75, 3.05) is 25.9 Å². The standard InChI is InChI=1S/C11H12BrNO4.C11H11BrO3.C11H13BrO3.C10H12BrNO5S.C9H10FNO3.C9H9IO3/c1-7(14)13-6-10(11(15)16)17-9-4-2-8(12)3-5-9;12-8-3-5-9(6-4-8)15-10(11(13)14)7-1-2-7;1-7(2)10(11(13)14)15-9-5-3-8(12)4-6-9;1-18(15,16)12-6-9(10(13)14)17-8-4-2-7(11)3-5-8;10-6-1-3-7(4-2-6)14-8(5-11)9(12)13;1-6(9(11)12)13-8-4-2-7(10)3-5-8/h2-5,10H,6H2,1H3,(H,13,14)(H,15,16);3-7,10H,1-2H2,(H,13,14);3-7,10H,1-2H3,(H,13,14);2-5,9,12H,6H2,1H3,(H,13,14);1-4,8H,5,11H2,(H,12,13);2-6H,1H3,(H,11,12)/t;;10-;;;6-/m..0..0/s1. The normalized spacial score (nSPS) is 13.1. The van der Waals surface area contributed by atoms with Crippen molar-refractivity contribution >= 4 is 138 Å². The molecule has 6 atom stereocenters. The zero-order valence-electron chi connectivity index (χ0n) is 49.6. The van der Waals surface area contributed by atoms with E-state index >= 15 is 0 Å². The summed E-state index contributed by atoms with van der Waals surface area (Å²) in [5.74, 6) is -4.03. The summed E-state index contributed by atoms with van der Waals surface area (Å²) in [5, 5.41) is 55.3. The lowest BCUT2D eigenvalue weighted by atomic mass is 10.1. The van der Waals surface area contributed by atoms with Crippen LogP contribution in [0.3, 0.4) is 0 Å². The number of nitrogens with one attached hydrogen (secondary N) is 2. The smallest absolute Gasteiger partial charge is 0.346 e. The van der Waals surface area contributed by atoms with Gasteiger partial charge in [0.2, 0.25) is 34.2 Å². The maximum atomic E-state index is 12.5. The van der Waals surface area contributed by atoms with Crippen LogP contribution in [0.1, 0.15) is 40.5 Å². The van der Waals surface area contributed by atoms with Crippen LogP contribution < -0.4 is 44.2 Å².